The molecule has 1 atom stereocenters. The molecule has 0 radical (unpaired) electrons. The zero-order valence-corrected chi connectivity index (χ0v) is 23.0. The van der Waals surface area contributed by atoms with Gasteiger partial charge >= 0.3 is 0 Å². The molecule has 3 aromatic rings. The number of hydrogen-bond donors (Lipinski definition) is 0. The number of hydrogen-bond acceptors (Lipinski definition) is 5. The van der Waals surface area contributed by atoms with Crippen molar-refractivity contribution >= 4 is 15.7 Å². The molecule has 37 heavy (non-hydrogen) atoms. The number of aromatic nitrogens is 2. The average molecular weight is 524 g/mol. The summed E-state index contributed by atoms with van der Waals surface area (Å²) in [7, 11) is -3.70. The largest absolute Gasteiger partial charge is 0.376 e. The van der Waals surface area contributed by atoms with Crippen molar-refractivity contribution in [3.05, 3.63) is 82.7 Å². The maximum Gasteiger partial charge on any atom is 0.254 e. The van der Waals surface area contributed by atoms with E-state index in [0.717, 1.165) is 29.5 Å². The lowest BCUT2D eigenvalue weighted by molar-refractivity contribution is 0.0501. The van der Waals surface area contributed by atoms with Crippen LogP contribution in [0.2, 0.25) is 0 Å². The number of aryl methyl sites for hydroxylation is 2. The van der Waals surface area contributed by atoms with Gasteiger partial charge in [-0.2, -0.15) is 0 Å². The van der Waals surface area contributed by atoms with Crippen LogP contribution >= 0.6 is 0 Å². The summed E-state index contributed by atoms with van der Waals surface area (Å²) >= 11 is 0. The summed E-state index contributed by atoms with van der Waals surface area (Å²) < 4.78 is 34.7. The van der Waals surface area contributed by atoms with E-state index in [1.165, 1.54) is 0 Å². The number of ether oxygens (including phenoxy) is 1. The van der Waals surface area contributed by atoms with Gasteiger partial charge in [-0.15, -0.1) is 0 Å². The smallest absolute Gasteiger partial charge is 0.254 e. The molecule has 1 aliphatic rings. The molecule has 7 nitrogen and oxygen atoms in total. The van der Waals surface area contributed by atoms with E-state index in [9.17, 15) is 13.2 Å². The topological polar surface area (TPSA) is 81.5 Å². The van der Waals surface area contributed by atoms with Gasteiger partial charge in [-0.25, -0.2) is 13.4 Å². The van der Waals surface area contributed by atoms with E-state index in [2.05, 4.69) is 4.98 Å². The Morgan fingerprint density at radius 2 is 1.86 bits per heavy atom. The molecular formula is C29H37N3O4S. The molecule has 198 valence electrons. The summed E-state index contributed by atoms with van der Waals surface area (Å²) in [6.45, 7) is 9.88. The zero-order valence-electron chi connectivity index (χ0n) is 22.2. The summed E-state index contributed by atoms with van der Waals surface area (Å²) in [4.78, 5) is 19.8. The third-order valence-electron chi connectivity index (χ3n) is 6.72. The van der Waals surface area contributed by atoms with Gasteiger partial charge in [-0.3, -0.25) is 4.79 Å². The van der Waals surface area contributed by atoms with Crippen molar-refractivity contribution in [2.45, 2.75) is 70.6 Å². The van der Waals surface area contributed by atoms with Gasteiger partial charge < -0.3 is 14.2 Å². The molecule has 1 aliphatic heterocycles. The summed E-state index contributed by atoms with van der Waals surface area (Å²) in [6, 6.07) is 15.0. The number of sulfone groups is 1. The monoisotopic (exact) mass is 523 g/mol. The minimum Gasteiger partial charge on any atom is -0.376 e. The molecule has 1 amide bonds. The second-order valence-corrected chi connectivity index (χ2v) is 12.3. The van der Waals surface area contributed by atoms with E-state index < -0.39 is 9.84 Å². The predicted octanol–water partition coefficient (Wildman–Crippen LogP) is 4.95. The van der Waals surface area contributed by atoms with Crippen LogP contribution in [0.1, 0.15) is 59.4 Å². The standard InChI is InChI=1S/C29H37N3O4S/c1-21(2)17-32-26(16-30-29(32)37(34,35)20-25-9-6-5-8-23(25)4)18-31(19-27-10-7-15-36-27)28(33)24-13-11-22(3)12-14-24/h5-6,8-9,11-14,16,21,27H,7,10,15,17-20H2,1-4H3. The number of carbonyl (C=O) groups is 1. The van der Waals surface area contributed by atoms with Crippen LogP contribution in [0.15, 0.2) is 59.9 Å². The minimum atomic E-state index is -3.70. The van der Waals surface area contributed by atoms with Gasteiger partial charge in [0.25, 0.3) is 5.91 Å². The highest BCUT2D eigenvalue weighted by atomic mass is 32.2. The second-order valence-electron chi connectivity index (χ2n) is 10.4. The van der Waals surface area contributed by atoms with Crippen LogP contribution < -0.4 is 0 Å². The lowest BCUT2D eigenvalue weighted by atomic mass is 10.1. The fourth-order valence-corrected chi connectivity index (χ4v) is 6.30. The van der Waals surface area contributed by atoms with Gasteiger partial charge in [0.1, 0.15) is 0 Å². The Hall–Kier alpha value is -2.97. The van der Waals surface area contributed by atoms with Crippen LogP contribution in [0.3, 0.4) is 0 Å². The first-order valence-electron chi connectivity index (χ1n) is 12.9. The highest BCUT2D eigenvalue weighted by molar-refractivity contribution is 7.90. The number of benzene rings is 2. The van der Waals surface area contributed by atoms with Gasteiger partial charge in [0.2, 0.25) is 15.0 Å². The van der Waals surface area contributed by atoms with E-state index in [4.69, 9.17) is 4.74 Å². The van der Waals surface area contributed by atoms with E-state index in [1.54, 1.807) is 15.7 Å². The lowest BCUT2D eigenvalue weighted by Crippen LogP contribution is -2.37. The van der Waals surface area contributed by atoms with Crippen molar-refractivity contribution in [3.63, 3.8) is 0 Å². The summed E-state index contributed by atoms with van der Waals surface area (Å²) in [5.41, 5.74) is 4.08. The van der Waals surface area contributed by atoms with E-state index >= 15 is 0 Å². The van der Waals surface area contributed by atoms with E-state index in [1.807, 2.05) is 76.2 Å². The van der Waals surface area contributed by atoms with Gasteiger partial charge in [-0.05, 0) is 55.9 Å². The molecule has 1 aromatic heterocycles. The summed E-state index contributed by atoms with van der Waals surface area (Å²) in [6.07, 6.45) is 3.46. The molecule has 1 unspecified atom stereocenters. The van der Waals surface area contributed by atoms with Crippen LogP contribution in [0.4, 0.5) is 0 Å². The van der Waals surface area contributed by atoms with Crippen LogP contribution in [0.5, 0.6) is 0 Å². The second kappa shape index (κ2) is 11.6. The maximum absolute atomic E-state index is 13.6. The van der Waals surface area contributed by atoms with Crippen LogP contribution in [0.25, 0.3) is 0 Å². The summed E-state index contributed by atoms with van der Waals surface area (Å²) in [5, 5.41) is 0.0549. The Kier molecular flexibility index (Phi) is 8.49. The third kappa shape index (κ3) is 6.67. The summed E-state index contributed by atoms with van der Waals surface area (Å²) in [5.74, 6) is -0.0206. The Morgan fingerprint density at radius 1 is 1.14 bits per heavy atom. The number of amides is 1. The number of imidazole rings is 1. The van der Waals surface area contributed by atoms with Gasteiger partial charge in [0.05, 0.1) is 30.3 Å². The Morgan fingerprint density at radius 3 is 2.51 bits per heavy atom. The van der Waals surface area contributed by atoms with Crippen LogP contribution in [-0.4, -0.2) is 48.0 Å². The highest BCUT2D eigenvalue weighted by Crippen LogP contribution is 2.23. The fourth-order valence-electron chi connectivity index (χ4n) is 4.70. The molecular weight excluding hydrogens is 486 g/mol. The van der Waals surface area contributed by atoms with Crippen LogP contribution in [0, 0.1) is 19.8 Å². The third-order valence-corrected chi connectivity index (χ3v) is 8.29. The quantitative estimate of drug-likeness (QED) is 0.376. The molecule has 0 bridgehead atoms. The molecule has 0 N–H and O–H groups in total. The lowest BCUT2D eigenvalue weighted by Gasteiger charge is -2.26. The van der Waals surface area contributed by atoms with Gasteiger partial charge in [0.15, 0.2) is 0 Å². The molecule has 0 spiro atoms. The SMILES string of the molecule is Cc1ccc(C(=O)N(Cc2cnc(S(=O)(=O)Cc3ccccc3C)n2CC(C)C)CC2CCCO2)cc1. The first kappa shape index (κ1) is 27.1. The van der Waals surface area contributed by atoms with E-state index in [0.29, 0.717) is 31.0 Å². The molecule has 0 aliphatic carbocycles. The zero-order chi connectivity index (χ0) is 26.6. The van der Waals surface area contributed by atoms with Gasteiger partial charge in [0, 0.05) is 25.3 Å². The Labute approximate surface area is 220 Å². The maximum atomic E-state index is 13.6. The van der Waals surface area contributed by atoms with Crippen molar-refractivity contribution < 1.29 is 17.9 Å². The van der Waals surface area contributed by atoms with Crippen molar-refractivity contribution in [3.8, 4) is 0 Å². The fraction of sp³-hybridized carbons (Fsp3) is 0.448. The van der Waals surface area contributed by atoms with Gasteiger partial charge in [-0.1, -0.05) is 55.8 Å². The number of rotatable bonds is 10. The Bertz CT molecular complexity index is 1320. The number of nitrogens with zero attached hydrogens (tertiary/aromatic N) is 3. The van der Waals surface area contributed by atoms with Crippen LogP contribution in [-0.2, 0) is 33.4 Å². The van der Waals surface area contributed by atoms with Crippen molar-refractivity contribution in [1.29, 1.82) is 0 Å². The number of carbonyl (C=O) groups excluding carboxylic acids is 1. The van der Waals surface area contributed by atoms with Crippen molar-refractivity contribution in [2.24, 2.45) is 5.92 Å². The molecule has 0 saturated carbocycles. The Balaban J connectivity index is 1.67. The minimum absolute atomic E-state index is 0.0277. The van der Waals surface area contributed by atoms with Crippen molar-refractivity contribution in [1.82, 2.24) is 14.5 Å². The first-order chi connectivity index (χ1) is 17.6. The average Bonchev–Trinajstić information content (AvgIpc) is 3.50. The molecule has 8 heteroatoms. The van der Waals surface area contributed by atoms with E-state index in [-0.39, 0.29) is 35.4 Å². The highest BCUT2D eigenvalue weighted by Gasteiger charge is 2.28. The molecule has 4 rings (SSSR count). The normalized spacial score (nSPS) is 15.9. The predicted molar refractivity (Wildman–Crippen MR) is 144 cm³/mol. The molecule has 2 heterocycles. The van der Waals surface area contributed by atoms with Crippen molar-refractivity contribution in [2.75, 3.05) is 13.2 Å². The first-order valence-corrected chi connectivity index (χ1v) is 14.6. The molecule has 1 fully saturated rings. The molecule has 1 saturated heterocycles. The molecule has 2 aromatic carbocycles.